The van der Waals surface area contributed by atoms with Crippen LogP contribution in [-0.2, 0) is 13.6 Å². The third-order valence-corrected chi connectivity index (χ3v) is 4.51. The number of rotatable bonds is 8. The molecular formula is C15H22N4O2S. The minimum atomic E-state index is -0.437. The molecule has 0 aromatic carbocycles. The molecule has 120 valence electrons. The molecule has 7 heteroatoms. The Morgan fingerprint density at radius 3 is 2.77 bits per heavy atom. The number of unbranched alkanes of at least 4 members (excludes halogenated alkanes) is 3. The van der Waals surface area contributed by atoms with Crippen molar-refractivity contribution < 1.29 is 0 Å². The van der Waals surface area contributed by atoms with E-state index < -0.39 is 5.69 Å². The molecule has 0 spiro atoms. The van der Waals surface area contributed by atoms with Gasteiger partial charge in [-0.3, -0.25) is 14.3 Å². The minimum Gasteiger partial charge on any atom is -0.313 e. The summed E-state index contributed by atoms with van der Waals surface area (Å²) in [6, 6.07) is 0. The smallest absolute Gasteiger partial charge is 0.313 e. The third-order valence-electron chi connectivity index (χ3n) is 3.54. The molecule has 2 aromatic rings. The third kappa shape index (κ3) is 3.35. The van der Waals surface area contributed by atoms with Crippen molar-refractivity contribution in [1.29, 1.82) is 0 Å². The van der Waals surface area contributed by atoms with E-state index in [1.807, 2.05) is 4.57 Å². The fourth-order valence-electron chi connectivity index (χ4n) is 2.36. The topological polar surface area (TPSA) is 72.7 Å². The van der Waals surface area contributed by atoms with E-state index in [1.54, 1.807) is 13.1 Å². The number of imidazole rings is 1. The van der Waals surface area contributed by atoms with Crippen LogP contribution in [0.25, 0.3) is 11.2 Å². The van der Waals surface area contributed by atoms with Gasteiger partial charge in [-0.15, -0.1) is 6.58 Å². The number of fused-ring (bicyclic) bond motifs is 1. The second-order valence-corrected chi connectivity index (χ2v) is 6.18. The maximum absolute atomic E-state index is 12.2. The summed E-state index contributed by atoms with van der Waals surface area (Å²) in [5.41, 5.74) is 0.112. The van der Waals surface area contributed by atoms with E-state index in [0.717, 1.165) is 31.0 Å². The summed E-state index contributed by atoms with van der Waals surface area (Å²) in [5.74, 6) is 0.712. The molecule has 0 amide bonds. The first-order chi connectivity index (χ1) is 10.6. The number of hydrogen-bond acceptors (Lipinski definition) is 4. The molecule has 1 N–H and O–H groups in total. The molecule has 22 heavy (non-hydrogen) atoms. The summed E-state index contributed by atoms with van der Waals surface area (Å²) < 4.78 is 3.31. The first kappa shape index (κ1) is 16.6. The number of hydrogen-bond donors (Lipinski definition) is 1. The molecule has 2 aromatic heterocycles. The molecule has 0 aliphatic heterocycles. The van der Waals surface area contributed by atoms with Crippen molar-refractivity contribution in [3.05, 3.63) is 33.5 Å². The van der Waals surface area contributed by atoms with Crippen LogP contribution in [0.5, 0.6) is 0 Å². The Hall–Kier alpha value is -1.76. The normalized spacial score (nSPS) is 11.2. The number of aromatic amines is 1. The lowest BCUT2D eigenvalue weighted by molar-refractivity contribution is 0.562. The Bertz CT molecular complexity index is 772. The lowest BCUT2D eigenvalue weighted by Gasteiger charge is -2.07. The number of aromatic nitrogens is 4. The second kappa shape index (κ2) is 7.49. The highest BCUT2D eigenvalue weighted by molar-refractivity contribution is 7.99. The fourth-order valence-corrected chi connectivity index (χ4v) is 3.12. The zero-order valence-electron chi connectivity index (χ0n) is 13.1. The molecule has 0 bridgehead atoms. The molecule has 2 heterocycles. The molecule has 0 radical (unpaired) electrons. The van der Waals surface area contributed by atoms with E-state index in [-0.39, 0.29) is 5.56 Å². The van der Waals surface area contributed by atoms with Crippen molar-refractivity contribution in [3.8, 4) is 0 Å². The predicted molar refractivity (Wildman–Crippen MR) is 90.7 cm³/mol. The van der Waals surface area contributed by atoms with Crippen molar-refractivity contribution in [2.45, 2.75) is 44.3 Å². The van der Waals surface area contributed by atoms with Crippen LogP contribution in [0.15, 0.2) is 27.4 Å². The van der Waals surface area contributed by atoms with Gasteiger partial charge >= 0.3 is 5.69 Å². The van der Waals surface area contributed by atoms with Crippen LogP contribution >= 0.6 is 11.8 Å². The van der Waals surface area contributed by atoms with E-state index >= 15 is 0 Å². The molecule has 6 nitrogen and oxygen atoms in total. The maximum Gasteiger partial charge on any atom is 0.329 e. The monoisotopic (exact) mass is 322 g/mol. The van der Waals surface area contributed by atoms with Crippen LogP contribution in [-0.4, -0.2) is 24.9 Å². The molecule has 0 saturated heterocycles. The zero-order chi connectivity index (χ0) is 16.1. The lowest BCUT2D eigenvalue weighted by Crippen LogP contribution is -2.29. The van der Waals surface area contributed by atoms with Gasteiger partial charge in [-0.05, 0) is 6.42 Å². The second-order valence-electron chi connectivity index (χ2n) is 5.20. The Morgan fingerprint density at radius 1 is 1.32 bits per heavy atom. The summed E-state index contributed by atoms with van der Waals surface area (Å²) >= 11 is 1.53. The maximum atomic E-state index is 12.2. The Morgan fingerprint density at radius 2 is 2.09 bits per heavy atom. The highest BCUT2D eigenvalue weighted by Crippen LogP contribution is 2.22. The van der Waals surface area contributed by atoms with Gasteiger partial charge in [0.05, 0.1) is 0 Å². The average Bonchev–Trinajstić information content (AvgIpc) is 2.86. The van der Waals surface area contributed by atoms with Crippen LogP contribution in [0.2, 0.25) is 0 Å². The number of aryl methyl sites for hydroxylation is 2. The van der Waals surface area contributed by atoms with E-state index in [2.05, 4.69) is 23.5 Å². The molecule has 0 unspecified atom stereocenters. The Balaban J connectivity index is 2.48. The van der Waals surface area contributed by atoms with Gasteiger partial charge in [0, 0.05) is 19.3 Å². The van der Waals surface area contributed by atoms with Gasteiger partial charge in [0.1, 0.15) is 0 Å². The summed E-state index contributed by atoms with van der Waals surface area (Å²) in [5, 5.41) is 0.762. The largest absolute Gasteiger partial charge is 0.329 e. The van der Waals surface area contributed by atoms with Crippen LogP contribution in [0.1, 0.15) is 32.6 Å². The molecule has 0 atom stereocenters. The number of thioether (sulfide) groups is 1. The molecular weight excluding hydrogens is 300 g/mol. The van der Waals surface area contributed by atoms with Crippen LogP contribution in [0.3, 0.4) is 0 Å². The van der Waals surface area contributed by atoms with Crippen LogP contribution in [0.4, 0.5) is 0 Å². The van der Waals surface area contributed by atoms with E-state index in [9.17, 15) is 9.59 Å². The highest BCUT2D eigenvalue weighted by Gasteiger charge is 2.16. The SMILES string of the molecule is C=CCSc1nc2c(c(=O)[nH]c(=O)n2C)n1CCCCCC. The quantitative estimate of drug-likeness (QED) is 0.460. The van der Waals surface area contributed by atoms with Crippen LogP contribution in [0, 0.1) is 0 Å². The number of nitrogens with zero attached hydrogens (tertiary/aromatic N) is 3. The van der Waals surface area contributed by atoms with Crippen molar-refractivity contribution >= 4 is 22.9 Å². The number of nitrogens with one attached hydrogen (secondary N) is 1. The van der Waals surface area contributed by atoms with E-state index in [1.165, 1.54) is 22.7 Å². The van der Waals surface area contributed by atoms with Gasteiger partial charge in [0.25, 0.3) is 5.56 Å². The molecule has 2 rings (SSSR count). The summed E-state index contributed by atoms with van der Waals surface area (Å²) in [6.07, 6.45) is 6.25. The van der Waals surface area contributed by atoms with Gasteiger partial charge in [0.2, 0.25) is 0 Å². The number of H-pyrrole nitrogens is 1. The highest BCUT2D eigenvalue weighted by atomic mass is 32.2. The first-order valence-corrected chi connectivity index (χ1v) is 8.52. The standard InChI is InChI=1S/C15H22N4O2S/c1-4-6-7-8-9-19-11-12(16-15(19)22-10-5-2)18(3)14(21)17-13(11)20/h5H,2,4,6-10H2,1,3H3,(H,17,20,21). The lowest BCUT2D eigenvalue weighted by atomic mass is 10.2. The van der Waals surface area contributed by atoms with Crippen molar-refractivity contribution in [1.82, 2.24) is 19.1 Å². The van der Waals surface area contributed by atoms with Crippen LogP contribution < -0.4 is 11.2 Å². The van der Waals surface area contributed by atoms with Gasteiger partial charge < -0.3 is 4.57 Å². The summed E-state index contributed by atoms with van der Waals surface area (Å²) in [7, 11) is 1.62. The van der Waals surface area contributed by atoms with Gasteiger partial charge in [-0.1, -0.05) is 44.0 Å². The molecule has 0 aliphatic carbocycles. The van der Waals surface area contributed by atoms with E-state index in [0.29, 0.717) is 16.9 Å². The van der Waals surface area contributed by atoms with Gasteiger partial charge in [0.15, 0.2) is 16.3 Å². The molecule has 0 aliphatic rings. The summed E-state index contributed by atoms with van der Waals surface area (Å²) in [4.78, 5) is 30.8. The first-order valence-electron chi connectivity index (χ1n) is 7.53. The Kier molecular flexibility index (Phi) is 5.65. The van der Waals surface area contributed by atoms with Crippen molar-refractivity contribution in [2.75, 3.05) is 5.75 Å². The average molecular weight is 322 g/mol. The van der Waals surface area contributed by atoms with Crippen molar-refractivity contribution in [2.24, 2.45) is 7.05 Å². The fraction of sp³-hybridized carbons (Fsp3) is 0.533. The summed E-state index contributed by atoms with van der Waals surface area (Å²) in [6.45, 7) is 6.61. The minimum absolute atomic E-state index is 0.369. The zero-order valence-corrected chi connectivity index (χ0v) is 13.9. The molecule has 0 saturated carbocycles. The van der Waals surface area contributed by atoms with Crippen molar-refractivity contribution in [3.63, 3.8) is 0 Å². The van der Waals surface area contributed by atoms with E-state index in [4.69, 9.17) is 0 Å². The van der Waals surface area contributed by atoms with Gasteiger partial charge in [-0.25, -0.2) is 9.78 Å². The predicted octanol–water partition coefficient (Wildman–Crippen LogP) is 2.28. The van der Waals surface area contributed by atoms with Gasteiger partial charge in [-0.2, -0.15) is 0 Å². The Labute approximate surface area is 133 Å². The molecule has 0 fully saturated rings.